The molecule has 0 radical (unpaired) electrons. The molecule has 1 aliphatic carbocycles. The first kappa shape index (κ1) is 23.5. The van der Waals surface area contributed by atoms with Crippen LogP contribution in [0.15, 0.2) is 42.5 Å². The van der Waals surface area contributed by atoms with Gasteiger partial charge in [0.05, 0.1) is 6.04 Å². The number of hydrogen-bond acceptors (Lipinski definition) is 2. The quantitative estimate of drug-likeness (QED) is 0.508. The summed E-state index contributed by atoms with van der Waals surface area (Å²) < 4.78 is 27.1. The summed E-state index contributed by atoms with van der Waals surface area (Å²) in [5, 5.41) is 3.66. The maximum absolute atomic E-state index is 13.5. The van der Waals surface area contributed by atoms with Crippen LogP contribution < -0.4 is 5.32 Å². The number of aryl methyl sites for hydroxylation is 1. The lowest BCUT2D eigenvalue weighted by atomic mass is 9.76. The number of halogens is 2. The number of hydrogen-bond donors (Lipinski definition) is 2. The number of likely N-dealkylation sites (tertiary alicyclic amines) is 1. The van der Waals surface area contributed by atoms with Crippen molar-refractivity contribution in [2.45, 2.75) is 52.0 Å². The Hall–Kier alpha value is -3.22. The van der Waals surface area contributed by atoms with Gasteiger partial charge in [-0.15, -0.1) is 0 Å². The second kappa shape index (κ2) is 9.10. The summed E-state index contributed by atoms with van der Waals surface area (Å²) in [5.41, 5.74) is 3.14. The zero-order chi connectivity index (χ0) is 24.7. The van der Waals surface area contributed by atoms with E-state index in [-0.39, 0.29) is 29.2 Å². The van der Waals surface area contributed by atoms with Crippen LogP contribution >= 0.6 is 0 Å². The van der Waals surface area contributed by atoms with Crippen molar-refractivity contribution in [3.8, 4) is 0 Å². The van der Waals surface area contributed by atoms with E-state index in [2.05, 4.69) is 34.6 Å². The molecule has 1 saturated heterocycles. The van der Waals surface area contributed by atoms with Crippen LogP contribution in [0.5, 0.6) is 0 Å². The normalized spacial score (nSPS) is 20.3. The van der Waals surface area contributed by atoms with E-state index >= 15 is 0 Å². The fourth-order valence-electron chi connectivity index (χ4n) is 5.75. The molecule has 2 fully saturated rings. The highest BCUT2D eigenvalue weighted by atomic mass is 19.2. The number of nitrogens with zero attached hydrogens (tertiary/aromatic N) is 1. The van der Waals surface area contributed by atoms with E-state index in [9.17, 15) is 18.4 Å². The van der Waals surface area contributed by atoms with E-state index in [0.717, 1.165) is 49.8 Å². The molecule has 1 unspecified atom stereocenters. The third-order valence-electron chi connectivity index (χ3n) is 8.01. The van der Waals surface area contributed by atoms with E-state index in [0.29, 0.717) is 29.7 Å². The summed E-state index contributed by atoms with van der Waals surface area (Å²) in [6.07, 6.45) is 4.45. The van der Waals surface area contributed by atoms with Gasteiger partial charge in [-0.2, -0.15) is 0 Å². The van der Waals surface area contributed by atoms with Crippen LogP contribution in [0.1, 0.15) is 66.7 Å². The molecule has 1 spiro atoms. The van der Waals surface area contributed by atoms with Crippen molar-refractivity contribution < 1.29 is 18.4 Å². The summed E-state index contributed by atoms with van der Waals surface area (Å²) in [6, 6.07) is 12.0. The zero-order valence-electron chi connectivity index (χ0n) is 20.2. The van der Waals surface area contributed by atoms with Gasteiger partial charge in [-0.1, -0.05) is 29.8 Å². The van der Waals surface area contributed by atoms with Gasteiger partial charge in [-0.3, -0.25) is 9.59 Å². The zero-order valence-corrected chi connectivity index (χ0v) is 20.2. The summed E-state index contributed by atoms with van der Waals surface area (Å²) in [7, 11) is 0. The fraction of sp³-hybridized carbons (Fsp3) is 0.429. The van der Waals surface area contributed by atoms with Crippen molar-refractivity contribution in [1.29, 1.82) is 0 Å². The van der Waals surface area contributed by atoms with Gasteiger partial charge in [0, 0.05) is 36.0 Å². The smallest absolute Gasteiger partial charge is 0.270 e. The van der Waals surface area contributed by atoms with Gasteiger partial charge in [0.2, 0.25) is 5.91 Å². The van der Waals surface area contributed by atoms with Crippen molar-refractivity contribution in [1.82, 2.24) is 15.2 Å². The highest BCUT2D eigenvalue weighted by Crippen LogP contribution is 2.49. The molecule has 1 aromatic heterocycles. The number of benzene rings is 2. The number of aromatic nitrogens is 1. The summed E-state index contributed by atoms with van der Waals surface area (Å²) in [6.45, 7) is 5.30. The van der Waals surface area contributed by atoms with Crippen LogP contribution in [-0.4, -0.2) is 34.8 Å². The summed E-state index contributed by atoms with van der Waals surface area (Å²) >= 11 is 0. The number of nitrogens with one attached hydrogen (secondary N) is 2. The predicted octanol–water partition coefficient (Wildman–Crippen LogP) is 5.65. The highest BCUT2D eigenvalue weighted by Gasteiger charge is 2.44. The molecule has 2 amide bonds. The summed E-state index contributed by atoms with van der Waals surface area (Å²) in [4.78, 5) is 30.7. The van der Waals surface area contributed by atoms with Crippen molar-refractivity contribution in [2.75, 3.05) is 13.1 Å². The Morgan fingerprint density at radius 2 is 1.74 bits per heavy atom. The molecule has 0 bridgehead atoms. The Morgan fingerprint density at radius 3 is 2.46 bits per heavy atom. The Balaban J connectivity index is 1.17. The first-order valence-electron chi connectivity index (χ1n) is 12.4. The first-order chi connectivity index (χ1) is 16.7. The lowest BCUT2D eigenvalue weighted by Gasteiger charge is -2.39. The highest BCUT2D eigenvalue weighted by molar-refractivity contribution is 5.98. The van der Waals surface area contributed by atoms with E-state index in [1.165, 1.54) is 5.56 Å². The molecule has 2 atom stereocenters. The number of H-pyrrole nitrogens is 1. The predicted molar refractivity (Wildman–Crippen MR) is 131 cm³/mol. The maximum Gasteiger partial charge on any atom is 0.270 e. The van der Waals surface area contributed by atoms with E-state index in [1.807, 2.05) is 13.8 Å². The van der Waals surface area contributed by atoms with E-state index in [1.54, 1.807) is 11.0 Å². The van der Waals surface area contributed by atoms with Gasteiger partial charge < -0.3 is 15.2 Å². The molecule has 3 aromatic rings. The van der Waals surface area contributed by atoms with Gasteiger partial charge in [0.1, 0.15) is 5.69 Å². The average Bonchev–Trinajstić information content (AvgIpc) is 3.44. The lowest BCUT2D eigenvalue weighted by molar-refractivity contribution is -0.125. The van der Waals surface area contributed by atoms with E-state index in [4.69, 9.17) is 0 Å². The standard InChI is InChI=1S/C28H31F2N3O2/c1-17-3-5-19(6-4-17)18(2)31-26(34)20-7-8-28(16-20)9-11-33(12-10-28)27(35)25-14-21-13-22(29)23(30)15-24(21)32-25/h3-6,13-15,18,20,32H,7-12,16H2,1-2H3,(H,31,34)/t18-,20?/m0/s1. The van der Waals surface area contributed by atoms with Crippen LogP contribution in [0.3, 0.4) is 0 Å². The molecule has 5 nitrogen and oxygen atoms in total. The SMILES string of the molecule is Cc1ccc([C@H](C)NC(=O)C2CCC3(CCN(C(=O)c4cc5cc(F)c(F)cc5[nH]4)CC3)C2)cc1. The van der Waals surface area contributed by atoms with Gasteiger partial charge in [0.15, 0.2) is 11.6 Å². The molecule has 2 aliphatic rings. The van der Waals surface area contributed by atoms with Gasteiger partial charge in [0.25, 0.3) is 5.91 Å². The minimum absolute atomic E-state index is 0.00338. The number of amides is 2. The third kappa shape index (κ3) is 4.68. The van der Waals surface area contributed by atoms with Crippen LogP contribution in [0.2, 0.25) is 0 Å². The largest absolute Gasteiger partial charge is 0.350 e. The molecule has 2 N–H and O–H groups in total. The monoisotopic (exact) mass is 479 g/mol. The first-order valence-corrected chi connectivity index (χ1v) is 12.4. The number of fused-ring (bicyclic) bond motifs is 1. The molecule has 2 aromatic carbocycles. The Bertz CT molecular complexity index is 1220. The van der Waals surface area contributed by atoms with Gasteiger partial charge in [-0.25, -0.2) is 8.78 Å². The molecular formula is C28H31F2N3O2. The molecule has 1 aliphatic heterocycles. The van der Waals surface area contributed by atoms with Crippen LogP contribution in [0.25, 0.3) is 10.9 Å². The minimum Gasteiger partial charge on any atom is -0.350 e. The van der Waals surface area contributed by atoms with Crippen molar-refractivity contribution in [3.05, 3.63) is 70.9 Å². The molecule has 1 saturated carbocycles. The molecule has 5 rings (SSSR count). The molecule has 35 heavy (non-hydrogen) atoms. The second-order valence-corrected chi connectivity index (χ2v) is 10.4. The topological polar surface area (TPSA) is 65.2 Å². The average molecular weight is 480 g/mol. The van der Waals surface area contributed by atoms with Gasteiger partial charge >= 0.3 is 0 Å². The Labute approximate surface area is 203 Å². The number of carbonyl (C=O) groups excluding carboxylic acids is 2. The van der Waals surface area contributed by atoms with Crippen LogP contribution in [0, 0.1) is 29.9 Å². The van der Waals surface area contributed by atoms with Crippen molar-refractivity contribution in [2.24, 2.45) is 11.3 Å². The van der Waals surface area contributed by atoms with E-state index < -0.39 is 11.6 Å². The van der Waals surface area contributed by atoms with Gasteiger partial charge in [-0.05, 0) is 69.1 Å². The minimum atomic E-state index is -0.939. The van der Waals surface area contributed by atoms with Crippen molar-refractivity contribution >= 4 is 22.7 Å². The number of aromatic amines is 1. The maximum atomic E-state index is 13.5. The second-order valence-electron chi connectivity index (χ2n) is 10.4. The molecule has 184 valence electrons. The number of carbonyl (C=O) groups is 2. The third-order valence-corrected chi connectivity index (χ3v) is 8.01. The Kier molecular flexibility index (Phi) is 6.11. The number of piperidine rings is 1. The van der Waals surface area contributed by atoms with Crippen molar-refractivity contribution in [3.63, 3.8) is 0 Å². The Morgan fingerprint density at radius 1 is 1.06 bits per heavy atom. The number of rotatable bonds is 4. The molecular weight excluding hydrogens is 448 g/mol. The summed E-state index contributed by atoms with van der Waals surface area (Å²) in [5.74, 6) is -1.90. The lowest BCUT2D eigenvalue weighted by Crippen LogP contribution is -2.43. The molecule has 7 heteroatoms. The fourth-order valence-corrected chi connectivity index (χ4v) is 5.75. The van der Waals surface area contributed by atoms with Crippen LogP contribution in [0.4, 0.5) is 8.78 Å². The van der Waals surface area contributed by atoms with Crippen LogP contribution in [-0.2, 0) is 4.79 Å². The molecule has 2 heterocycles.